The average molecular weight is 1210 g/mol. The number of benzene rings is 1. The lowest BCUT2D eigenvalue weighted by molar-refractivity contribution is -0.148. The maximum Gasteiger partial charge on any atom is 0.300 e. The summed E-state index contributed by atoms with van der Waals surface area (Å²) in [4.78, 5) is 120. The van der Waals surface area contributed by atoms with Gasteiger partial charge in [-0.3, -0.25) is 48.5 Å². The highest BCUT2D eigenvalue weighted by molar-refractivity contribution is 5.98. The van der Waals surface area contributed by atoms with Gasteiger partial charge in [0.1, 0.15) is 60.4 Å². The summed E-state index contributed by atoms with van der Waals surface area (Å²) < 4.78 is 0. The van der Waals surface area contributed by atoms with Gasteiger partial charge >= 0.3 is 0 Å². The predicted molar refractivity (Wildman–Crippen MR) is 307 cm³/mol. The van der Waals surface area contributed by atoms with Gasteiger partial charge in [0.25, 0.3) is 11.9 Å². The summed E-state index contributed by atoms with van der Waals surface area (Å²) in [5.74, 6) is -8.10. The fraction of sp³-hybridized carbons (Fsp3) is 0.732. The highest BCUT2D eigenvalue weighted by atomic mass is 16.4. The van der Waals surface area contributed by atoms with Crippen molar-refractivity contribution in [3.63, 3.8) is 0 Å². The van der Waals surface area contributed by atoms with Crippen molar-refractivity contribution in [3.8, 4) is 5.75 Å². The van der Waals surface area contributed by atoms with Crippen LogP contribution in [0.15, 0.2) is 24.3 Å². The van der Waals surface area contributed by atoms with E-state index in [1.807, 2.05) is 0 Å². The molecular weight excluding hydrogens is 1120 g/mol. The first kappa shape index (κ1) is 74.9. The van der Waals surface area contributed by atoms with E-state index in [2.05, 4.69) is 52.7 Å². The molecule has 0 saturated carbocycles. The number of unbranched alkanes of at least 4 members (excludes halogenated alkanes) is 5. The molecule has 85 heavy (non-hydrogen) atoms. The number of carbonyl (C=O) groups is 9. The van der Waals surface area contributed by atoms with Crippen LogP contribution in [0.5, 0.6) is 5.75 Å². The number of nitrogens with one attached hydrogen (secondary N) is 6. The Hall–Kier alpha value is -6.15. The summed E-state index contributed by atoms with van der Waals surface area (Å²) in [6, 6.07) is -6.40. The quantitative estimate of drug-likeness (QED) is 0.0482. The van der Waals surface area contributed by atoms with Gasteiger partial charge in [0, 0.05) is 59.3 Å². The number of aliphatic hydroxyl groups is 7. The monoisotopic (exact) mass is 1210 g/mol. The van der Waals surface area contributed by atoms with Gasteiger partial charge in [-0.05, 0) is 68.7 Å². The highest BCUT2D eigenvalue weighted by Crippen LogP contribution is 2.27. The van der Waals surface area contributed by atoms with Gasteiger partial charge in [-0.2, -0.15) is 0 Å². The van der Waals surface area contributed by atoms with Crippen LogP contribution in [0.4, 0.5) is 0 Å². The number of hydrogen-bond donors (Lipinski definition) is 18. The molecule has 29 nitrogen and oxygen atoms in total. The van der Waals surface area contributed by atoms with Crippen molar-refractivity contribution >= 4 is 53.3 Å². The van der Waals surface area contributed by atoms with Crippen LogP contribution in [-0.4, -0.2) is 226 Å². The van der Waals surface area contributed by atoms with E-state index in [1.165, 1.54) is 30.7 Å². The Bertz CT molecular complexity index is 2270. The first-order valence-electron chi connectivity index (χ1n) is 29.2. The maximum absolute atomic E-state index is 14.6. The van der Waals surface area contributed by atoms with Crippen molar-refractivity contribution < 1.29 is 94.2 Å². The molecule has 1 aromatic carbocycles. The van der Waals surface area contributed by atoms with E-state index < -0.39 is 158 Å². The molecule has 7 amide bonds. The van der Waals surface area contributed by atoms with Crippen molar-refractivity contribution in [2.75, 3.05) is 32.7 Å². The van der Waals surface area contributed by atoms with Gasteiger partial charge in [0.05, 0.1) is 30.5 Å². The van der Waals surface area contributed by atoms with Crippen molar-refractivity contribution in [1.29, 1.82) is 0 Å². The third-order valence-electron chi connectivity index (χ3n) is 14.9. The van der Waals surface area contributed by atoms with Gasteiger partial charge in [0.2, 0.25) is 41.4 Å². The van der Waals surface area contributed by atoms with Crippen molar-refractivity contribution in [2.24, 2.45) is 23.3 Å². The number of nitrogens with zero attached hydrogens (tertiary/aromatic N) is 2. The van der Waals surface area contributed by atoms with Gasteiger partial charge < -0.3 is 98.9 Å². The topological polar surface area (TPSA) is 487 Å². The molecular formula is C56H96N10O19. The number of carboxylic acid groups (broad SMARTS) is 2. The molecule has 29 heteroatoms. The molecule has 0 spiro atoms. The molecule has 0 radical (unpaired) electrons. The highest BCUT2D eigenvalue weighted by Gasteiger charge is 2.49. The molecule has 20 N–H and O–H groups in total. The molecule has 0 bridgehead atoms. The van der Waals surface area contributed by atoms with E-state index in [0.717, 1.165) is 69.1 Å². The third kappa shape index (κ3) is 25.4. The summed E-state index contributed by atoms with van der Waals surface area (Å²) in [7, 11) is 0. The van der Waals surface area contributed by atoms with Crippen LogP contribution in [0.25, 0.3) is 0 Å². The summed E-state index contributed by atoms with van der Waals surface area (Å²) >= 11 is 0. The second-order valence-corrected chi connectivity index (χ2v) is 22.3. The Morgan fingerprint density at radius 1 is 0.682 bits per heavy atom. The minimum Gasteiger partial charge on any atom is -0.508 e. The standard InChI is InChI=1S/C52H88N10O15.2C2H4O2/c1-5-28(2)24-29(3)12-10-8-6-7-9-11-13-39(69)56-34-26-38(68)46(55-22-21-54)60-50(75)43-37(67)19-23-61(43)52(77)41(36(66)18-20-53)58-49(74)42(45(71)44(70)31-14-16-32(64)17-15-31)59-48(73)35-25-33(65)27-62(35)51(76)40(30(4)63)57-47(34)72;2*1-2(3)4/h14-17,28-30,33-38,40-46,55,63-68,70-71H,5-13,18-27,53-54H2,1-4H3,(H,56,69)(H,57,72)(H,58,74)(H,59,73)(H,60,75);2*1H3,(H,3,4)/t28?,29?,30-,33-,34+,35+,36-,37+,38-,40+,41+,42+,43+,44-,45-,46+;;/m1../s1. The smallest absolute Gasteiger partial charge is 0.300 e. The van der Waals surface area contributed by atoms with Gasteiger partial charge in [0.15, 0.2) is 0 Å². The Labute approximate surface area is 496 Å². The van der Waals surface area contributed by atoms with Crippen LogP contribution >= 0.6 is 0 Å². The fourth-order valence-corrected chi connectivity index (χ4v) is 10.2. The molecule has 4 rings (SSSR count). The Balaban J connectivity index is 0.00000289. The Kier molecular flexibility index (Phi) is 33.6. The minimum absolute atomic E-state index is 0.0257. The summed E-state index contributed by atoms with van der Waals surface area (Å²) in [5, 5.41) is 119. The lowest BCUT2D eigenvalue weighted by Gasteiger charge is -2.35. The molecule has 2 unspecified atom stereocenters. The van der Waals surface area contributed by atoms with Crippen molar-refractivity contribution in [2.45, 2.75) is 217 Å². The number of aromatic hydroxyl groups is 1. The number of phenols is 1. The van der Waals surface area contributed by atoms with Crippen molar-refractivity contribution in [3.05, 3.63) is 29.8 Å². The molecule has 16 atom stereocenters. The number of amides is 7. The fourth-order valence-electron chi connectivity index (χ4n) is 10.2. The summed E-state index contributed by atoms with van der Waals surface area (Å²) in [5.41, 5.74) is 11.5. The zero-order chi connectivity index (χ0) is 64.2. The average Bonchev–Trinajstić information content (AvgIpc) is 2.52. The van der Waals surface area contributed by atoms with Gasteiger partial charge in [-0.15, -0.1) is 0 Å². The lowest BCUT2D eigenvalue weighted by atomic mass is 9.91. The largest absolute Gasteiger partial charge is 0.508 e. The molecule has 3 aliphatic rings. The summed E-state index contributed by atoms with van der Waals surface area (Å²) in [6.07, 6.45) is -6.95. The van der Waals surface area contributed by atoms with E-state index in [1.54, 1.807) is 0 Å². The zero-order valence-electron chi connectivity index (χ0n) is 49.7. The number of carbonyl (C=O) groups excluding carboxylic acids is 7. The molecule has 484 valence electrons. The zero-order valence-corrected chi connectivity index (χ0v) is 49.7. The second kappa shape index (κ2) is 38.1. The number of nitrogens with two attached hydrogens (primary N) is 2. The van der Waals surface area contributed by atoms with Crippen LogP contribution in [0, 0.1) is 11.8 Å². The first-order valence-corrected chi connectivity index (χ1v) is 29.2. The SMILES string of the molecule is CC(=O)O.CC(=O)O.CCC(C)CC(C)CCCCCCCCC(=O)N[C@H]1C[C@@H](O)[C@@H](NCCN)NC(=O)[C@@H]2[C@@H](O)CCN2C(=O)[C@H]([C@H](O)CCN)NC(=O)[C@H]([C@@H](O)[C@H](O)c2ccc(O)cc2)NC(=O)[C@@H]2C[C@@H](O)CN2C(=O)[C@H]([C@@H](C)O)NC1=O. The molecule has 3 aliphatic heterocycles. The van der Waals surface area contributed by atoms with Gasteiger partial charge in [-0.25, -0.2) is 0 Å². The van der Waals surface area contributed by atoms with Gasteiger partial charge in [-0.1, -0.05) is 77.8 Å². The van der Waals surface area contributed by atoms with E-state index in [0.29, 0.717) is 24.7 Å². The Morgan fingerprint density at radius 3 is 1.82 bits per heavy atom. The number of fused-ring (bicyclic) bond motifs is 2. The molecule has 3 heterocycles. The van der Waals surface area contributed by atoms with Crippen LogP contribution in [0.2, 0.25) is 0 Å². The molecule has 0 aromatic heterocycles. The van der Waals surface area contributed by atoms with E-state index >= 15 is 0 Å². The van der Waals surface area contributed by atoms with Crippen LogP contribution < -0.4 is 43.4 Å². The van der Waals surface area contributed by atoms with E-state index in [9.17, 15) is 74.4 Å². The number of phenolic OH excluding ortho intramolecular Hbond substituents is 1. The molecule has 3 fully saturated rings. The number of aliphatic hydroxyl groups excluding tert-OH is 7. The molecule has 1 aromatic rings. The number of aliphatic carboxylic acids is 2. The van der Waals surface area contributed by atoms with Crippen molar-refractivity contribution in [1.82, 2.24) is 41.7 Å². The van der Waals surface area contributed by atoms with E-state index in [4.69, 9.17) is 31.3 Å². The normalized spacial score (nSPS) is 26.5. The minimum atomic E-state index is -2.28. The summed E-state index contributed by atoms with van der Waals surface area (Å²) in [6.45, 7) is 8.90. The lowest BCUT2D eigenvalue weighted by Crippen LogP contribution is -2.65. The van der Waals surface area contributed by atoms with Crippen LogP contribution in [-0.2, 0) is 43.2 Å². The predicted octanol–water partition coefficient (Wildman–Crippen LogP) is -3.13. The molecule has 0 aliphatic carbocycles. The maximum atomic E-state index is 14.6. The number of hydrogen-bond acceptors (Lipinski definition) is 20. The second-order valence-electron chi connectivity index (χ2n) is 22.3. The third-order valence-corrected chi connectivity index (χ3v) is 14.9. The Morgan fingerprint density at radius 2 is 1.25 bits per heavy atom. The van der Waals surface area contributed by atoms with Crippen LogP contribution in [0.3, 0.4) is 0 Å². The van der Waals surface area contributed by atoms with E-state index in [-0.39, 0.29) is 56.8 Å². The molecule has 3 saturated heterocycles. The number of rotatable bonds is 23. The number of carboxylic acids is 2. The first-order chi connectivity index (χ1) is 40.0. The van der Waals surface area contributed by atoms with Crippen LogP contribution in [0.1, 0.15) is 143 Å².